The Kier molecular flexibility index (Phi) is 19.5. The summed E-state index contributed by atoms with van der Waals surface area (Å²) in [5.74, 6) is -1.79. The van der Waals surface area contributed by atoms with Gasteiger partial charge in [0.15, 0.2) is 22.3 Å². The van der Waals surface area contributed by atoms with Gasteiger partial charge in [-0.25, -0.2) is 0 Å². The van der Waals surface area contributed by atoms with E-state index in [0.29, 0.717) is 94.3 Å². The summed E-state index contributed by atoms with van der Waals surface area (Å²) in [4.78, 5) is 81.5. The number of hydrogen-bond acceptors (Lipinski definition) is 11. The van der Waals surface area contributed by atoms with Crippen LogP contribution in [0.5, 0.6) is 0 Å². The zero-order chi connectivity index (χ0) is 46.2. The molecule has 4 N–H and O–H groups in total. The fourth-order valence-corrected chi connectivity index (χ4v) is 6.91. The van der Waals surface area contributed by atoms with E-state index >= 15 is 0 Å². The van der Waals surface area contributed by atoms with Gasteiger partial charge in [-0.05, 0) is 117 Å². The lowest BCUT2D eigenvalue weighted by Gasteiger charge is -2.28. The average molecular weight is 981 g/mol. The fraction of sp³-hybridized carbons (Fsp3) is 0.262. The third-order valence-corrected chi connectivity index (χ3v) is 11.0. The molecule has 0 spiro atoms. The highest BCUT2D eigenvalue weighted by atomic mass is 35.5. The van der Waals surface area contributed by atoms with Gasteiger partial charge >= 0.3 is 11.9 Å². The van der Waals surface area contributed by atoms with Crippen molar-refractivity contribution in [3.05, 3.63) is 97.8 Å². The zero-order valence-corrected chi connectivity index (χ0v) is 37.7. The number of aldehydes is 1. The first-order valence-electron chi connectivity index (χ1n) is 19.0. The topological polar surface area (TPSA) is 217 Å². The normalized spacial score (nSPS) is 14.4. The molecule has 0 unspecified atom stereocenters. The number of carbonyl (C=O) groups is 7. The Bertz CT molecular complexity index is 2410. The molecule has 2 aliphatic heterocycles. The molecular weight excluding hydrogens is 942 g/mol. The second-order valence-corrected chi connectivity index (χ2v) is 15.9. The molecule has 4 amide bonds. The van der Waals surface area contributed by atoms with Crippen molar-refractivity contribution >= 4 is 129 Å². The van der Waals surface area contributed by atoms with Gasteiger partial charge in [0, 0.05) is 37.1 Å². The summed E-state index contributed by atoms with van der Waals surface area (Å²) in [6, 6.07) is 16.8. The molecule has 2 aromatic carbocycles. The molecule has 4 heterocycles. The van der Waals surface area contributed by atoms with Gasteiger partial charge in [0.1, 0.15) is 29.3 Å². The summed E-state index contributed by atoms with van der Waals surface area (Å²) < 4.78 is 11.0. The summed E-state index contributed by atoms with van der Waals surface area (Å²) in [6.07, 6.45) is 5.70. The van der Waals surface area contributed by atoms with Crippen LogP contribution in [0.3, 0.4) is 0 Å². The van der Waals surface area contributed by atoms with Gasteiger partial charge in [-0.3, -0.25) is 48.7 Å². The highest BCUT2D eigenvalue weighted by Gasteiger charge is 2.33. The average Bonchev–Trinajstić information content (AvgIpc) is 3.91. The van der Waals surface area contributed by atoms with Crippen molar-refractivity contribution in [2.45, 2.75) is 57.8 Å². The van der Waals surface area contributed by atoms with Crippen LogP contribution in [0.25, 0.3) is 28.7 Å². The molecule has 0 atom stereocenters. The molecular formula is C42H38Cl4N4O11S2. The maximum absolute atomic E-state index is 12.8. The Morgan fingerprint density at radius 3 is 1.62 bits per heavy atom. The second kappa shape index (κ2) is 24.4. The first-order valence-corrected chi connectivity index (χ1v) is 21.3. The number of amides is 4. The highest BCUT2D eigenvalue weighted by Crippen LogP contribution is 2.31. The fourth-order valence-electron chi connectivity index (χ4n) is 5.74. The molecule has 15 nitrogen and oxygen atoms in total. The van der Waals surface area contributed by atoms with E-state index in [-0.39, 0.29) is 59.2 Å². The molecule has 2 fully saturated rings. The van der Waals surface area contributed by atoms with Crippen LogP contribution in [-0.4, -0.2) is 85.2 Å². The van der Waals surface area contributed by atoms with E-state index in [4.69, 9.17) is 89.9 Å². The van der Waals surface area contributed by atoms with Crippen molar-refractivity contribution < 1.29 is 52.6 Å². The number of furan rings is 2. The number of rotatable bonds is 16. The summed E-state index contributed by atoms with van der Waals surface area (Å²) in [6.45, 7) is 0.707. The number of carboxylic acids is 2. The molecule has 6 rings (SSSR count). The Morgan fingerprint density at radius 1 is 0.651 bits per heavy atom. The molecule has 0 radical (unpaired) electrons. The predicted molar refractivity (Wildman–Crippen MR) is 243 cm³/mol. The first kappa shape index (κ1) is 50.2. The minimum absolute atomic E-state index is 0.0290. The molecule has 63 heavy (non-hydrogen) atoms. The lowest BCUT2D eigenvalue weighted by atomic mass is 10.1. The number of halogens is 4. The van der Waals surface area contributed by atoms with E-state index in [1.54, 1.807) is 60.7 Å². The SMILES string of the molecule is O=C(O)CCCCCN1C(=O)/C(=C/c2ccc(-c3ccc(Cl)c(Cl)c3)o2)C(=O)NC1=S.O=C(O)CCCCCN1C(=O)CC(=O)NC1=S.O=Cc1ccc(-c2ccc(Cl)c(Cl)c2)o1. The number of thiocarbonyl (C=S) groups is 2. The van der Waals surface area contributed by atoms with Gasteiger partial charge in [0.2, 0.25) is 11.8 Å². The molecule has 332 valence electrons. The number of benzene rings is 2. The van der Waals surface area contributed by atoms with Gasteiger partial charge in [0.05, 0.1) is 20.1 Å². The molecule has 21 heteroatoms. The van der Waals surface area contributed by atoms with E-state index in [9.17, 15) is 33.6 Å². The van der Waals surface area contributed by atoms with Gasteiger partial charge in [-0.15, -0.1) is 0 Å². The number of nitrogens with zero attached hydrogens (tertiary/aromatic N) is 2. The second-order valence-electron chi connectivity index (χ2n) is 13.5. The van der Waals surface area contributed by atoms with Crippen molar-refractivity contribution in [2.24, 2.45) is 0 Å². The molecule has 4 aromatic rings. The third-order valence-electron chi connectivity index (χ3n) is 8.90. The lowest BCUT2D eigenvalue weighted by molar-refractivity contribution is -0.138. The van der Waals surface area contributed by atoms with Crippen LogP contribution in [0.1, 0.15) is 74.1 Å². The van der Waals surface area contributed by atoms with Crippen LogP contribution in [-0.2, 0) is 28.8 Å². The minimum Gasteiger partial charge on any atom is -0.481 e. The Morgan fingerprint density at radius 2 is 1.14 bits per heavy atom. The van der Waals surface area contributed by atoms with Gasteiger partial charge < -0.3 is 24.4 Å². The largest absolute Gasteiger partial charge is 0.481 e. The van der Waals surface area contributed by atoms with E-state index in [2.05, 4.69) is 10.6 Å². The molecule has 0 bridgehead atoms. The van der Waals surface area contributed by atoms with Gasteiger partial charge in [0.25, 0.3) is 11.8 Å². The number of aliphatic carboxylic acids is 2. The van der Waals surface area contributed by atoms with Gasteiger partial charge in [-0.1, -0.05) is 59.2 Å². The van der Waals surface area contributed by atoms with Crippen molar-refractivity contribution in [3.63, 3.8) is 0 Å². The quantitative estimate of drug-likeness (QED) is 0.0206. The lowest BCUT2D eigenvalue weighted by Crippen LogP contribution is -2.54. The summed E-state index contributed by atoms with van der Waals surface area (Å²) >= 11 is 33.6. The predicted octanol–water partition coefficient (Wildman–Crippen LogP) is 8.86. The third kappa shape index (κ3) is 15.4. The Labute approximate surface area is 391 Å². The Hall–Kier alpha value is -5.43. The van der Waals surface area contributed by atoms with Crippen LogP contribution in [0.15, 0.2) is 75.1 Å². The molecule has 2 aliphatic rings. The number of carbonyl (C=O) groups excluding carboxylic acids is 5. The van der Waals surface area contributed by atoms with Gasteiger partial charge in [-0.2, -0.15) is 0 Å². The van der Waals surface area contributed by atoms with E-state index < -0.39 is 23.8 Å². The number of hydrogen-bond donors (Lipinski definition) is 4. The zero-order valence-electron chi connectivity index (χ0n) is 33.0. The van der Waals surface area contributed by atoms with E-state index in [0.717, 1.165) is 5.56 Å². The van der Waals surface area contributed by atoms with Crippen LogP contribution in [0.4, 0.5) is 0 Å². The van der Waals surface area contributed by atoms with Crippen LogP contribution >= 0.6 is 70.8 Å². The van der Waals surface area contributed by atoms with Crippen molar-refractivity contribution in [1.29, 1.82) is 0 Å². The van der Waals surface area contributed by atoms with Crippen molar-refractivity contribution in [1.82, 2.24) is 20.4 Å². The number of unbranched alkanes of at least 4 members (excludes halogenated alkanes) is 4. The number of nitrogens with one attached hydrogen (secondary N) is 2. The van der Waals surface area contributed by atoms with Crippen molar-refractivity contribution in [2.75, 3.05) is 13.1 Å². The summed E-state index contributed by atoms with van der Waals surface area (Å²) in [5.41, 5.74) is 1.38. The van der Waals surface area contributed by atoms with Crippen LogP contribution in [0.2, 0.25) is 20.1 Å². The first-order chi connectivity index (χ1) is 30.0. The summed E-state index contributed by atoms with van der Waals surface area (Å²) in [5, 5.41) is 24.0. The maximum Gasteiger partial charge on any atom is 0.303 e. The standard InChI is InChI=1S/C21H18Cl2N2O5S.C11H6Cl2O2.C10H14N2O4S/c22-15-7-5-12(10-16(15)23)17-8-6-13(30-17)11-14-19(28)24-21(31)25(20(14)29)9-3-1-2-4-18(26)27;12-9-3-1-7(5-10(9)13)11-4-2-8(6-14)15-11;13-7-6-8(14)12(10(17)11-7)5-3-1-2-4-9(15)16/h5-8,10-11H,1-4,9H2,(H,26,27)(H,24,28,31);1-6H;1-6H2,(H,15,16)(H,11,13,17)/b14-11+;;. The minimum atomic E-state index is -0.860. The van der Waals surface area contributed by atoms with Crippen LogP contribution < -0.4 is 10.6 Å². The maximum atomic E-state index is 12.8. The Balaban J connectivity index is 0.000000229. The number of carboxylic acid groups (broad SMARTS) is 2. The molecule has 2 saturated heterocycles. The summed E-state index contributed by atoms with van der Waals surface area (Å²) in [7, 11) is 0. The molecule has 2 aromatic heterocycles. The molecule has 0 aliphatic carbocycles. The van der Waals surface area contributed by atoms with Crippen LogP contribution in [0, 0.1) is 0 Å². The monoisotopic (exact) mass is 978 g/mol. The van der Waals surface area contributed by atoms with E-state index in [1.165, 1.54) is 15.9 Å². The molecule has 0 saturated carbocycles. The van der Waals surface area contributed by atoms with Crippen molar-refractivity contribution in [3.8, 4) is 22.6 Å². The highest BCUT2D eigenvalue weighted by molar-refractivity contribution is 7.80. The smallest absolute Gasteiger partial charge is 0.303 e. The van der Waals surface area contributed by atoms with E-state index in [1.807, 2.05) is 0 Å².